The molecule has 0 saturated heterocycles. The molecular formula is C24H29BS. The highest BCUT2D eigenvalue weighted by Gasteiger charge is 2.23. The fourth-order valence-corrected chi connectivity index (χ4v) is 4.46. The molecule has 0 saturated carbocycles. The van der Waals surface area contributed by atoms with E-state index in [4.69, 9.17) is 12.6 Å². The number of thiol groups is 1. The van der Waals surface area contributed by atoms with Gasteiger partial charge in [-0.25, -0.2) is 0 Å². The van der Waals surface area contributed by atoms with E-state index in [0.717, 1.165) is 17.7 Å². The monoisotopic (exact) mass is 360 g/mol. The summed E-state index contributed by atoms with van der Waals surface area (Å²) in [6.07, 6.45) is 9.10. The molecule has 26 heavy (non-hydrogen) atoms. The summed E-state index contributed by atoms with van der Waals surface area (Å²) in [5.41, 5.74) is 11.1. The smallest absolute Gasteiger partial charge is 0.141 e. The third kappa shape index (κ3) is 3.32. The van der Waals surface area contributed by atoms with Crippen molar-refractivity contribution in [2.75, 3.05) is 0 Å². The van der Waals surface area contributed by atoms with Crippen molar-refractivity contribution < 1.29 is 0 Å². The Morgan fingerprint density at radius 1 is 1.00 bits per heavy atom. The van der Waals surface area contributed by atoms with Crippen molar-refractivity contribution in [1.29, 1.82) is 0 Å². The molecule has 2 aromatic rings. The van der Waals surface area contributed by atoms with Gasteiger partial charge in [-0.15, -0.1) is 12.6 Å². The van der Waals surface area contributed by atoms with E-state index < -0.39 is 0 Å². The minimum Gasteiger partial charge on any atom is -0.144 e. The molecule has 0 heterocycles. The normalized spacial score (nSPS) is 19.5. The van der Waals surface area contributed by atoms with Crippen LogP contribution >= 0.6 is 12.6 Å². The Morgan fingerprint density at radius 2 is 1.69 bits per heavy atom. The summed E-state index contributed by atoms with van der Waals surface area (Å²) in [4.78, 5) is 1.13. The molecule has 2 heteroatoms. The number of benzene rings is 2. The second-order valence-corrected chi connectivity index (χ2v) is 8.68. The molecule has 3 rings (SSSR count). The number of hydrogen-bond donors (Lipinski definition) is 1. The first-order valence-electron chi connectivity index (χ1n) is 9.49. The maximum absolute atomic E-state index is 4.74. The van der Waals surface area contributed by atoms with Gasteiger partial charge in [-0.05, 0) is 78.0 Å². The summed E-state index contributed by atoms with van der Waals surface area (Å²) in [6, 6.07) is 8.88. The quantitative estimate of drug-likeness (QED) is 0.536. The van der Waals surface area contributed by atoms with Crippen molar-refractivity contribution in [2.45, 2.75) is 57.8 Å². The summed E-state index contributed by atoms with van der Waals surface area (Å²) in [7, 11) is 2.19. The molecule has 134 valence electrons. The Labute approximate surface area is 165 Å². The van der Waals surface area contributed by atoms with Gasteiger partial charge in [0.1, 0.15) is 7.85 Å². The first-order chi connectivity index (χ1) is 12.2. The minimum atomic E-state index is 0.128. The highest BCUT2D eigenvalue weighted by Crippen LogP contribution is 2.35. The van der Waals surface area contributed by atoms with Gasteiger partial charge in [-0.3, -0.25) is 0 Å². The molecule has 0 nitrogen and oxygen atoms in total. The fraction of sp³-hybridized carbons (Fsp3) is 0.333. The van der Waals surface area contributed by atoms with Crippen LogP contribution in [0.4, 0.5) is 0 Å². The molecule has 0 atom stereocenters. The van der Waals surface area contributed by atoms with Crippen LogP contribution in [0.1, 0.15) is 53.6 Å². The van der Waals surface area contributed by atoms with Crippen molar-refractivity contribution in [2.24, 2.45) is 0 Å². The summed E-state index contributed by atoms with van der Waals surface area (Å²) in [5.74, 6) is 0. The molecule has 1 aliphatic rings. The Balaban J connectivity index is 2.16. The molecule has 2 aromatic carbocycles. The van der Waals surface area contributed by atoms with Crippen LogP contribution in [0.15, 0.2) is 47.4 Å². The van der Waals surface area contributed by atoms with E-state index in [-0.39, 0.29) is 5.41 Å². The fourth-order valence-electron chi connectivity index (χ4n) is 4.13. The lowest BCUT2D eigenvalue weighted by Gasteiger charge is -2.26. The zero-order chi connectivity index (χ0) is 19.1. The Morgan fingerprint density at radius 3 is 2.42 bits per heavy atom. The molecule has 0 spiro atoms. The van der Waals surface area contributed by atoms with Crippen LogP contribution in [0, 0.1) is 20.8 Å². The molecule has 0 fully saturated rings. The maximum Gasteiger partial charge on any atom is 0.141 e. The van der Waals surface area contributed by atoms with E-state index in [1.807, 2.05) is 0 Å². The molecule has 0 bridgehead atoms. The van der Waals surface area contributed by atoms with Crippen LogP contribution in [-0.2, 0) is 11.8 Å². The largest absolute Gasteiger partial charge is 0.144 e. The van der Waals surface area contributed by atoms with Crippen molar-refractivity contribution >= 4 is 31.5 Å². The summed E-state index contributed by atoms with van der Waals surface area (Å²) in [6.45, 7) is 11.4. The van der Waals surface area contributed by atoms with Gasteiger partial charge < -0.3 is 0 Å². The van der Waals surface area contributed by atoms with Crippen molar-refractivity contribution in [3.05, 3.63) is 75.9 Å². The van der Waals surface area contributed by atoms with E-state index in [1.165, 1.54) is 44.4 Å². The molecule has 0 radical (unpaired) electrons. The first-order valence-corrected chi connectivity index (χ1v) is 9.93. The van der Waals surface area contributed by atoms with Gasteiger partial charge in [0.2, 0.25) is 0 Å². The third-order valence-electron chi connectivity index (χ3n) is 6.09. The van der Waals surface area contributed by atoms with Gasteiger partial charge >= 0.3 is 0 Å². The Hall–Kier alpha value is -1.67. The molecule has 0 aromatic heterocycles. The van der Waals surface area contributed by atoms with E-state index in [0.29, 0.717) is 0 Å². The van der Waals surface area contributed by atoms with Crippen LogP contribution in [-0.4, -0.2) is 7.85 Å². The van der Waals surface area contributed by atoms with Crippen molar-refractivity contribution in [3.63, 3.8) is 0 Å². The lowest BCUT2D eigenvalue weighted by Crippen LogP contribution is -2.18. The average molecular weight is 360 g/mol. The molecule has 0 unspecified atom stereocenters. The maximum atomic E-state index is 4.74. The zero-order valence-corrected chi connectivity index (χ0v) is 17.8. The van der Waals surface area contributed by atoms with Crippen LogP contribution in [0.5, 0.6) is 0 Å². The number of fused-ring (bicyclic) bond motifs is 1. The molecule has 0 N–H and O–H groups in total. The minimum absolute atomic E-state index is 0.128. The van der Waals surface area contributed by atoms with Crippen LogP contribution in [0.25, 0.3) is 5.57 Å². The number of allylic oxidation sites excluding steroid dienone is 4. The predicted octanol–water partition coefficient (Wildman–Crippen LogP) is 5.02. The van der Waals surface area contributed by atoms with E-state index in [1.54, 1.807) is 0 Å². The lowest BCUT2D eigenvalue weighted by molar-refractivity contribution is 0.530. The van der Waals surface area contributed by atoms with Crippen LogP contribution < -0.4 is 5.46 Å². The zero-order valence-electron chi connectivity index (χ0n) is 16.9. The van der Waals surface area contributed by atoms with Crippen molar-refractivity contribution in [1.82, 2.24) is 0 Å². The summed E-state index contributed by atoms with van der Waals surface area (Å²) < 4.78 is 0. The number of rotatable bonds is 1. The van der Waals surface area contributed by atoms with Crippen LogP contribution in [0.3, 0.4) is 0 Å². The summed E-state index contributed by atoms with van der Waals surface area (Å²) >= 11 is 4.74. The second kappa shape index (κ2) is 7.16. The van der Waals surface area contributed by atoms with Gasteiger partial charge in [0.25, 0.3) is 0 Å². The molecule has 0 aliphatic heterocycles. The lowest BCUT2D eigenvalue weighted by atomic mass is 9.77. The molecule has 0 amide bonds. The van der Waals surface area contributed by atoms with E-state index in [9.17, 15) is 0 Å². The Bertz CT molecular complexity index is 887. The molecule has 1 aliphatic carbocycles. The highest BCUT2D eigenvalue weighted by molar-refractivity contribution is 7.80. The summed E-state index contributed by atoms with van der Waals surface area (Å²) in [5, 5.41) is 0. The van der Waals surface area contributed by atoms with Gasteiger partial charge in [0.15, 0.2) is 0 Å². The predicted molar refractivity (Wildman–Crippen MR) is 121 cm³/mol. The van der Waals surface area contributed by atoms with Crippen LogP contribution in [0.2, 0.25) is 0 Å². The SMILES string of the molecule is Bc1c(C)c(C2=C/CC(C)(C)c3ccccc3C/C=C\2)c(C)c(C)c1S. The highest BCUT2D eigenvalue weighted by atomic mass is 32.1. The van der Waals surface area contributed by atoms with Gasteiger partial charge in [-0.2, -0.15) is 0 Å². The Kier molecular flexibility index (Phi) is 5.26. The standard InChI is InChI=1S/C24H29BS/c1-15-16(2)23(26)22(25)17(3)21(15)19-11-8-10-18-9-6-7-12-20(18)24(4,5)14-13-19/h6-9,11-13,26H,10,14,25H2,1-5H3/b11-8-,19-13+. The van der Waals surface area contributed by atoms with E-state index >= 15 is 0 Å². The number of hydrogen-bond acceptors (Lipinski definition) is 1. The van der Waals surface area contributed by atoms with Gasteiger partial charge in [-0.1, -0.05) is 61.8 Å². The first kappa shape index (κ1) is 19.1. The molecular weight excluding hydrogens is 331 g/mol. The average Bonchev–Trinajstić information content (AvgIpc) is 2.68. The van der Waals surface area contributed by atoms with E-state index in [2.05, 4.69) is 85.0 Å². The van der Waals surface area contributed by atoms with Crippen molar-refractivity contribution in [3.8, 4) is 0 Å². The van der Waals surface area contributed by atoms with Gasteiger partial charge in [0, 0.05) is 4.90 Å². The second-order valence-electron chi connectivity index (χ2n) is 8.23. The van der Waals surface area contributed by atoms with Gasteiger partial charge in [0.05, 0.1) is 0 Å². The third-order valence-corrected chi connectivity index (χ3v) is 6.76. The topological polar surface area (TPSA) is 0 Å².